The molecule has 0 spiro atoms. The van der Waals surface area contributed by atoms with Gasteiger partial charge >= 0.3 is 0 Å². The molecule has 0 aliphatic heterocycles. The predicted octanol–water partition coefficient (Wildman–Crippen LogP) is 3.69. The number of methoxy groups -OCH3 is 1. The third-order valence-corrected chi connectivity index (χ3v) is 3.02. The lowest BCUT2D eigenvalue weighted by molar-refractivity contribution is 0.101. The van der Waals surface area contributed by atoms with E-state index in [1.54, 1.807) is 30.3 Å². The number of benzene rings is 2. The fourth-order valence-electron chi connectivity index (χ4n) is 2.12. The fraction of sp³-hybridized carbons (Fsp3) is 0.278. The van der Waals surface area contributed by atoms with Gasteiger partial charge in [-0.1, -0.05) is 12.1 Å². The van der Waals surface area contributed by atoms with E-state index < -0.39 is 5.60 Å². The number of nitrogen functional groups attached to an aromatic ring is 1. The second-order valence-electron chi connectivity index (χ2n) is 6.00. The van der Waals surface area contributed by atoms with Crippen LogP contribution in [0.15, 0.2) is 42.5 Å². The van der Waals surface area contributed by atoms with Gasteiger partial charge in [0.15, 0.2) is 0 Å². The van der Waals surface area contributed by atoms with Gasteiger partial charge in [0, 0.05) is 5.69 Å². The summed E-state index contributed by atoms with van der Waals surface area (Å²) in [5.41, 5.74) is 6.83. The number of carbonyl (C=O) groups excluding carboxylic acids is 1. The summed E-state index contributed by atoms with van der Waals surface area (Å²) in [5.74, 6) is 0.859. The third kappa shape index (κ3) is 3.58. The first-order valence-electron chi connectivity index (χ1n) is 7.08. The zero-order valence-corrected chi connectivity index (χ0v) is 13.3. The minimum absolute atomic E-state index is 0.177. The monoisotopic (exact) mass is 299 g/mol. The Balaban J connectivity index is 2.49. The van der Waals surface area contributed by atoms with Gasteiger partial charge in [-0.05, 0) is 51.1 Å². The van der Waals surface area contributed by atoms with Gasteiger partial charge in [0.1, 0.15) is 17.1 Å². The van der Waals surface area contributed by atoms with Crippen LogP contribution >= 0.6 is 0 Å². The Morgan fingerprint density at radius 3 is 2.32 bits per heavy atom. The molecule has 2 rings (SSSR count). The first-order valence-corrected chi connectivity index (χ1v) is 7.08. The van der Waals surface area contributed by atoms with Crippen LogP contribution in [0, 0.1) is 0 Å². The van der Waals surface area contributed by atoms with Crippen LogP contribution in [0.25, 0.3) is 0 Å². The molecule has 0 aliphatic carbocycles. The number of ether oxygens (including phenoxy) is 2. The number of hydrogen-bond acceptors (Lipinski definition) is 4. The Kier molecular flexibility index (Phi) is 4.40. The highest BCUT2D eigenvalue weighted by Gasteiger charge is 2.21. The Hall–Kier alpha value is -2.49. The molecule has 0 amide bonds. The number of anilines is 1. The summed E-state index contributed by atoms with van der Waals surface area (Å²) in [4.78, 5) is 12.9. The molecule has 2 N–H and O–H groups in total. The number of nitrogens with two attached hydrogens (primary N) is 1. The first-order chi connectivity index (χ1) is 10.3. The predicted molar refractivity (Wildman–Crippen MR) is 87.7 cm³/mol. The lowest BCUT2D eigenvalue weighted by Crippen LogP contribution is -2.24. The van der Waals surface area contributed by atoms with E-state index in [0.717, 1.165) is 0 Å². The van der Waals surface area contributed by atoms with Gasteiger partial charge in [-0.2, -0.15) is 0 Å². The largest absolute Gasteiger partial charge is 0.496 e. The summed E-state index contributed by atoms with van der Waals surface area (Å²) in [6.07, 6.45) is 0. The molecule has 0 radical (unpaired) electrons. The maximum Gasteiger partial charge on any atom is 0.200 e. The Morgan fingerprint density at radius 1 is 1.00 bits per heavy atom. The van der Waals surface area contributed by atoms with Crippen molar-refractivity contribution in [3.05, 3.63) is 53.6 Å². The molecule has 0 fully saturated rings. The summed E-state index contributed by atoms with van der Waals surface area (Å²) >= 11 is 0. The van der Waals surface area contributed by atoms with E-state index >= 15 is 0 Å². The van der Waals surface area contributed by atoms with Crippen molar-refractivity contribution in [1.82, 2.24) is 0 Å². The summed E-state index contributed by atoms with van der Waals surface area (Å²) in [7, 11) is 1.53. The van der Waals surface area contributed by atoms with Gasteiger partial charge in [-0.3, -0.25) is 4.79 Å². The molecule has 22 heavy (non-hydrogen) atoms. The van der Waals surface area contributed by atoms with E-state index in [2.05, 4.69) is 0 Å². The third-order valence-electron chi connectivity index (χ3n) is 3.02. The molecule has 0 bridgehead atoms. The number of ketones is 1. The molecule has 0 aliphatic rings. The normalized spacial score (nSPS) is 11.1. The minimum atomic E-state index is -0.393. The van der Waals surface area contributed by atoms with Gasteiger partial charge in [0.05, 0.1) is 18.2 Å². The van der Waals surface area contributed by atoms with Crippen LogP contribution in [-0.2, 0) is 0 Å². The molecular formula is C18H21NO3. The minimum Gasteiger partial charge on any atom is -0.496 e. The van der Waals surface area contributed by atoms with Crippen molar-refractivity contribution in [1.29, 1.82) is 0 Å². The highest BCUT2D eigenvalue weighted by Crippen LogP contribution is 2.29. The maximum atomic E-state index is 12.9. The number of rotatable bonds is 4. The first kappa shape index (κ1) is 15.9. The van der Waals surface area contributed by atoms with Crippen LogP contribution in [0.3, 0.4) is 0 Å². The molecule has 0 unspecified atom stereocenters. The van der Waals surface area contributed by atoms with Crippen molar-refractivity contribution in [2.24, 2.45) is 0 Å². The van der Waals surface area contributed by atoms with Gasteiger partial charge in [-0.15, -0.1) is 0 Å². The SMILES string of the molecule is COc1ccc(N)cc1C(=O)c1ccccc1OC(C)(C)C. The molecule has 2 aromatic carbocycles. The number of carbonyl (C=O) groups is 1. The molecule has 116 valence electrons. The average Bonchev–Trinajstić information content (AvgIpc) is 2.45. The van der Waals surface area contributed by atoms with E-state index in [-0.39, 0.29) is 5.78 Å². The van der Waals surface area contributed by atoms with E-state index in [0.29, 0.717) is 28.3 Å². The number of para-hydroxylation sites is 1. The van der Waals surface area contributed by atoms with Gasteiger partial charge < -0.3 is 15.2 Å². The van der Waals surface area contributed by atoms with Crippen LogP contribution in [-0.4, -0.2) is 18.5 Å². The second kappa shape index (κ2) is 6.10. The zero-order chi connectivity index (χ0) is 16.3. The molecule has 0 aromatic heterocycles. The van der Waals surface area contributed by atoms with Crippen molar-refractivity contribution in [2.75, 3.05) is 12.8 Å². The molecule has 0 heterocycles. The fourth-order valence-corrected chi connectivity index (χ4v) is 2.12. The highest BCUT2D eigenvalue weighted by molar-refractivity contribution is 6.12. The summed E-state index contributed by atoms with van der Waals surface area (Å²) in [6, 6.07) is 12.2. The quantitative estimate of drug-likeness (QED) is 0.691. The molecular weight excluding hydrogens is 278 g/mol. The Bertz CT molecular complexity index is 687. The van der Waals surface area contributed by atoms with Crippen molar-refractivity contribution in [3.63, 3.8) is 0 Å². The maximum absolute atomic E-state index is 12.9. The molecule has 0 saturated carbocycles. The molecule has 4 heteroatoms. The van der Waals surface area contributed by atoms with Gasteiger partial charge in [-0.25, -0.2) is 0 Å². The molecule has 2 aromatic rings. The van der Waals surface area contributed by atoms with Gasteiger partial charge in [0.25, 0.3) is 0 Å². The topological polar surface area (TPSA) is 61.5 Å². The molecule has 0 saturated heterocycles. The van der Waals surface area contributed by atoms with Crippen LogP contribution in [0.1, 0.15) is 36.7 Å². The van der Waals surface area contributed by atoms with E-state index in [4.69, 9.17) is 15.2 Å². The average molecular weight is 299 g/mol. The lowest BCUT2D eigenvalue weighted by atomic mass is 10.0. The highest BCUT2D eigenvalue weighted by atomic mass is 16.5. The van der Waals surface area contributed by atoms with Crippen molar-refractivity contribution in [3.8, 4) is 11.5 Å². The van der Waals surface area contributed by atoms with Crippen LogP contribution in [0.5, 0.6) is 11.5 Å². The standard InChI is InChI=1S/C18H21NO3/c1-18(2,3)22-16-8-6-5-7-13(16)17(20)14-11-12(19)9-10-15(14)21-4/h5-11H,19H2,1-4H3. The van der Waals surface area contributed by atoms with Crippen molar-refractivity contribution >= 4 is 11.5 Å². The van der Waals surface area contributed by atoms with Gasteiger partial charge in [0.2, 0.25) is 5.78 Å². The smallest absolute Gasteiger partial charge is 0.200 e. The zero-order valence-electron chi connectivity index (χ0n) is 13.3. The molecule has 0 atom stereocenters. The Labute approximate surface area is 130 Å². The number of hydrogen-bond donors (Lipinski definition) is 1. The van der Waals surface area contributed by atoms with Crippen LogP contribution < -0.4 is 15.2 Å². The van der Waals surface area contributed by atoms with Crippen molar-refractivity contribution < 1.29 is 14.3 Å². The second-order valence-corrected chi connectivity index (χ2v) is 6.00. The van der Waals surface area contributed by atoms with Crippen LogP contribution in [0.2, 0.25) is 0 Å². The van der Waals surface area contributed by atoms with Crippen molar-refractivity contribution in [2.45, 2.75) is 26.4 Å². The summed E-state index contributed by atoms with van der Waals surface area (Å²) in [5, 5.41) is 0. The van der Waals surface area contributed by atoms with E-state index in [9.17, 15) is 4.79 Å². The Morgan fingerprint density at radius 2 is 1.68 bits per heavy atom. The van der Waals surface area contributed by atoms with E-state index in [1.165, 1.54) is 7.11 Å². The summed E-state index contributed by atoms with van der Waals surface area (Å²) < 4.78 is 11.2. The molecule has 4 nitrogen and oxygen atoms in total. The summed E-state index contributed by atoms with van der Waals surface area (Å²) in [6.45, 7) is 5.82. The lowest BCUT2D eigenvalue weighted by Gasteiger charge is -2.23. The van der Waals surface area contributed by atoms with E-state index in [1.807, 2.05) is 32.9 Å². The van der Waals surface area contributed by atoms with Crippen LogP contribution in [0.4, 0.5) is 5.69 Å².